The molecule has 0 spiro atoms. The van der Waals surface area contributed by atoms with Crippen LogP contribution in [-0.2, 0) is 6.42 Å². The quantitative estimate of drug-likeness (QED) is 0.906. The van der Waals surface area contributed by atoms with Gasteiger partial charge in [0, 0.05) is 9.35 Å². The predicted molar refractivity (Wildman–Crippen MR) is 57.7 cm³/mol. The summed E-state index contributed by atoms with van der Waals surface area (Å²) in [7, 11) is 0. The molecule has 2 nitrogen and oxygen atoms in total. The van der Waals surface area contributed by atoms with Gasteiger partial charge in [-0.25, -0.2) is 4.79 Å². The van der Waals surface area contributed by atoms with Crippen LogP contribution in [0.5, 0.6) is 0 Å². The molecule has 0 aliphatic carbocycles. The number of carbonyl (C=O) groups is 1. The fraction of sp³-hybridized carbons (Fsp3) is 0.444. The van der Waals surface area contributed by atoms with Crippen molar-refractivity contribution in [3.05, 3.63) is 19.8 Å². The maximum Gasteiger partial charge on any atom is 0.346 e. The zero-order valence-electron chi connectivity index (χ0n) is 7.56. The Bertz CT molecular complexity index is 331. The van der Waals surface area contributed by atoms with E-state index in [2.05, 4.69) is 22.9 Å². The van der Waals surface area contributed by atoms with Gasteiger partial charge in [0.25, 0.3) is 0 Å². The van der Waals surface area contributed by atoms with Gasteiger partial charge in [-0.2, -0.15) is 0 Å². The lowest BCUT2D eigenvalue weighted by atomic mass is 10.2. The highest BCUT2D eigenvalue weighted by Gasteiger charge is 2.16. The molecule has 0 unspecified atom stereocenters. The Morgan fingerprint density at radius 3 is 2.62 bits per heavy atom. The molecular weight excluding hydrogens is 252 g/mol. The van der Waals surface area contributed by atoms with Crippen molar-refractivity contribution >= 4 is 33.2 Å². The lowest BCUT2D eigenvalue weighted by molar-refractivity contribution is 0.0701. The van der Waals surface area contributed by atoms with Gasteiger partial charge in [-0.15, -0.1) is 11.3 Å². The molecule has 0 aromatic carbocycles. The molecule has 0 aliphatic rings. The van der Waals surface area contributed by atoms with Crippen molar-refractivity contribution in [2.24, 2.45) is 0 Å². The SMILES string of the molecule is CCCc1sc(C(=O)O)c(C)c1Br. The summed E-state index contributed by atoms with van der Waals surface area (Å²) in [5.41, 5.74) is 0.848. The van der Waals surface area contributed by atoms with Crippen molar-refractivity contribution in [1.29, 1.82) is 0 Å². The summed E-state index contributed by atoms with van der Waals surface area (Å²) in [5.74, 6) is -0.828. The Labute approximate surface area is 89.7 Å². The molecule has 0 aliphatic heterocycles. The van der Waals surface area contributed by atoms with E-state index in [4.69, 9.17) is 5.11 Å². The summed E-state index contributed by atoms with van der Waals surface area (Å²) < 4.78 is 0.969. The van der Waals surface area contributed by atoms with Crippen LogP contribution in [0.25, 0.3) is 0 Å². The highest BCUT2D eigenvalue weighted by molar-refractivity contribution is 9.10. The number of hydrogen-bond donors (Lipinski definition) is 1. The fourth-order valence-electron chi connectivity index (χ4n) is 1.15. The third-order valence-corrected chi connectivity index (χ3v) is 4.49. The van der Waals surface area contributed by atoms with Crippen molar-refractivity contribution in [2.45, 2.75) is 26.7 Å². The Kier molecular flexibility index (Phi) is 3.50. The number of aromatic carboxylic acids is 1. The molecule has 13 heavy (non-hydrogen) atoms. The second-order valence-electron chi connectivity index (χ2n) is 2.85. The molecule has 0 radical (unpaired) electrons. The van der Waals surface area contributed by atoms with E-state index in [1.807, 2.05) is 6.92 Å². The van der Waals surface area contributed by atoms with E-state index in [0.29, 0.717) is 4.88 Å². The maximum atomic E-state index is 10.8. The first kappa shape index (κ1) is 10.7. The van der Waals surface area contributed by atoms with Crippen LogP contribution >= 0.6 is 27.3 Å². The first-order valence-electron chi connectivity index (χ1n) is 4.09. The largest absolute Gasteiger partial charge is 0.477 e. The first-order valence-corrected chi connectivity index (χ1v) is 5.70. The number of aryl methyl sites for hydroxylation is 1. The van der Waals surface area contributed by atoms with Crippen LogP contribution in [0, 0.1) is 6.92 Å². The average molecular weight is 263 g/mol. The number of thiophene rings is 1. The standard InChI is InChI=1S/C9H11BrO2S/c1-3-4-6-7(10)5(2)8(13-6)9(11)12/h3-4H2,1-2H3,(H,11,12). The van der Waals surface area contributed by atoms with E-state index < -0.39 is 5.97 Å². The second kappa shape index (κ2) is 4.24. The lowest BCUT2D eigenvalue weighted by Gasteiger charge is -1.93. The van der Waals surface area contributed by atoms with Gasteiger partial charge < -0.3 is 5.11 Å². The molecular formula is C9H11BrO2S. The van der Waals surface area contributed by atoms with Crippen LogP contribution in [0.2, 0.25) is 0 Å². The highest BCUT2D eigenvalue weighted by atomic mass is 79.9. The summed E-state index contributed by atoms with van der Waals surface area (Å²) in [6.45, 7) is 3.92. The monoisotopic (exact) mass is 262 g/mol. The molecule has 0 bridgehead atoms. The molecule has 0 atom stereocenters. The first-order chi connectivity index (χ1) is 6.07. The normalized spacial score (nSPS) is 10.4. The van der Waals surface area contributed by atoms with E-state index in [9.17, 15) is 4.79 Å². The van der Waals surface area contributed by atoms with Crippen LogP contribution in [0.15, 0.2) is 4.47 Å². The zero-order chi connectivity index (χ0) is 10.0. The Balaban J connectivity index is 3.12. The van der Waals surface area contributed by atoms with Crippen molar-refractivity contribution in [3.8, 4) is 0 Å². The van der Waals surface area contributed by atoms with Crippen molar-refractivity contribution in [1.82, 2.24) is 0 Å². The minimum Gasteiger partial charge on any atom is -0.477 e. The van der Waals surface area contributed by atoms with Gasteiger partial charge in [-0.05, 0) is 34.8 Å². The molecule has 0 saturated heterocycles. The molecule has 0 fully saturated rings. The van der Waals surface area contributed by atoms with Crippen LogP contribution in [0.4, 0.5) is 0 Å². The van der Waals surface area contributed by atoms with Gasteiger partial charge in [-0.3, -0.25) is 0 Å². The predicted octanol–water partition coefficient (Wildman–Crippen LogP) is 3.47. The van der Waals surface area contributed by atoms with E-state index in [-0.39, 0.29) is 0 Å². The number of halogens is 1. The number of hydrogen-bond acceptors (Lipinski definition) is 2. The lowest BCUT2D eigenvalue weighted by Crippen LogP contribution is -1.93. The smallest absolute Gasteiger partial charge is 0.346 e. The highest BCUT2D eigenvalue weighted by Crippen LogP contribution is 2.33. The minimum atomic E-state index is -0.828. The van der Waals surface area contributed by atoms with Crippen LogP contribution in [0.1, 0.15) is 33.5 Å². The second-order valence-corrected chi connectivity index (χ2v) is 4.75. The third-order valence-electron chi connectivity index (χ3n) is 1.81. The Morgan fingerprint density at radius 2 is 2.23 bits per heavy atom. The van der Waals surface area contributed by atoms with Gasteiger partial charge >= 0.3 is 5.97 Å². The van der Waals surface area contributed by atoms with Crippen LogP contribution in [-0.4, -0.2) is 11.1 Å². The van der Waals surface area contributed by atoms with Crippen LogP contribution < -0.4 is 0 Å². The fourth-order valence-corrected chi connectivity index (χ4v) is 3.05. The van der Waals surface area contributed by atoms with E-state index in [1.165, 1.54) is 11.3 Å². The van der Waals surface area contributed by atoms with E-state index in [1.54, 1.807) is 0 Å². The van der Waals surface area contributed by atoms with Crippen LogP contribution in [0.3, 0.4) is 0 Å². The van der Waals surface area contributed by atoms with Crippen molar-refractivity contribution in [3.63, 3.8) is 0 Å². The molecule has 72 valence electrons. The molecule has 1 heterocycles. The Hall–Kier alpha value is -0.350. The number of rotatable bonds is 3. The van der Waals surface area contributed by atoms with Gasteiger partial charge in [0.05, 0.1) is 0 Å². The molecule has 4 heteroatoms. The van der Waals surface area contributed by atoms with Gasteiger partial charge in [-0.1, -0.05) is 13.3 Å². The summed E-state index contributed by atoms with van der Waals surface area (Å²) in [6, 6.07) is 0. The van der Waals surface area contributed by atoms with Crippen molar-refractivity contribution in [2.75, 3.05) is 0 Å². The van der Waals surface area contributed by atoms with Gasteiger partial charge in [0.1, 0.15) is 4.88 Å². The maximum absolute atomic E-state index is 10.8. The summed E-state index contributed by atoms with van der Waals surface area (Å²) >= 11 is 4.79. The zero-order valence-corrected chi connectivity index (χ0v) is 9.96. The summed E-state index contributed by atoms with van der Waals surface area (Å²) in [4.78, 5) is 12.4. The molecule has 1 rings (SSSR count). The molecule has 0 saturated carbocycles. The number of carboxylic acid groups (broad SMARTS) is 1. The molecule has 0 amide bonds. The van der Waals surface area contributed by atoms with E-state index in [0.717, 1.165) is 27.8 Å². The van der Waals surface area contributed by atoms with Gasteiger partial charge in [0.2, 0.25) is 0 Å². The van der Waals surface area contributed by atoms with Gasteiger partial charge in [0.15, 0.2) is 0 Å². The summed E-state index contributed by atoms with van der Waals surface area (Å²) in [6.07, 6.45) is 1.98. The molecule has 1 aromatic rings. The minimum absolute atomic E-state index is 0.454. The third kappa shape index (κ3) is 2.11. The average Bonchev–Trinajstić information content (AvgIpc) is 2.33. The molecule has 1 aromatic heterocycles. The molecule has 1 N–H and O–H groups in total. The Morgan fingerprint density at radius 1 is 1.62 bits per heavy atom. The van der Waals surface area contributed by atoms with E-state index >= 15 is 0 Å². The number of carboxylic acids is 1. The summed E-state index contributed by atoms with van der Waals surface area (Å²) in [5, 5.41) is 8.86. The topological polar surface area (TPSA) is 37.3 Å². The van der Waals surface area contributed by atoms with Crippen molar-refractivity contribution < 1.29 is 9.90 Å².